The minimum absolute atomic E-state index is 0.314. The van der Waals surface area contributed by atoms with Gasteiger partial charge in [0, 0.05) is 16.8 Å². The first-order chi connectivity index (χ1) is 8.21. The summed E-state index contributed by atoms with van der Waals surface area (Å²) >= 11 is 5.86. The van der Waals surface area contributed by atoms with E-state index in [1.807, 2.05) is 0 Å². The van der Waals surface area contributed by atoms with Crippen LogP contribution in [0.1, 0.15) is 20.8 Å². The maximum absolute atomic E-state index is 11.8. The number of alkyl halides is 1. The molecule has 4 nitrogen and oxygen atoms in total. The number of ketones is 1. The highest BCUT2D eigenvalue weighted by atomic mass is 35.5. The molecule has 1 rings (SSSR count). The van der Waals surface area contributed by atoms with Crippen molar-refractivity contribution in [3.05, 3.63) is 24.3 Å². The van der Waals surface area contributed by atoms with Crippen LogP contribution in [0.3, 0.4) is 0 Å². The van der Waals surface area contributed by atoms with E-state index in [0.717, 1.165) is 0 Å². The summed E-state index contributed by atoms with van der Waals surface area (Å²) in [5.74, 6) is -0.854. The second-order valence-corrected chi connectivity index (χ2v) is 5.53. The molecule has 0 fully saturated rings. The number of carbonyl (C=O) groups excluding carboxylic acids is 2. The van der Waals surface area contributed by atoms with Crippen LogP contribution in [-0.4, -0.2) is 17.1 Å². The van der Waals surface area contributed by atoms with Gasteiger partial charge in [-0.3, -0.25) is 9.59 Å². The first-order valence-corrected chi connectivity index (χ1v) is 6.00. The van der Waals surface area contributed by atoms with Crippen LogP contribution >= 0.6 is 11.6 Å². The Labute approximate surface area is 112 Å². The second-order valence-electron chi connectivity index (χ2n) is 5.09. The van der Waals surface area contributed by atoms with E-state index in [1.165, 1.54) is 0 Å². The molecule has 0 heterocycles. The van der Waals surface area contributed by atoms with E-state index >= 15 is 0 Å². The summed E-state index contributed by atoms with van der Waals surface area (Å²) in [4.78, 5) is 23.7. The van der Waals surface area contributed by atoms with Crippen molar-refractivity contribution in [3.8, 4) is 0 Å². The first-order valence-electron chi connectivity index (χ1n) is 5.56. The van der Waals surface area contributed by atoms with Gasteiger partial charge in [0.2, 0.25) is 5.91 Å². The van der Waals surface area contributed by atoms with Crippen LogP contribution in [0.15, 0.2) is 24.3 Å². The highest BCUT2D eigenvalue weighted by molar-refractivity contribution is 6.43. The standard InChI is InChI=1S/C13H17ClN2O2/c1-13(2,3)11(17)10(14)12(18)16-9-6-4-5-8(15)7-9/h4-7,10H,15H2,1-3H3,(H,16,18). The number of halogens is 1. The van der Waals surface area contributed by atoms with Gasteiger partial charge < -0.3 is 11.1 Å². The number of Topliss-reactive ketones (excluding diaryl/α,β-unsaturated/α-hetero) is 1. The Morgan fingerprint density at radius 1 is 1.33 bits per heavy atom. The minimum Gasteiger partial charge on any atom is -0.399 e. The van der Waals surface area contributed by atoms with E-state index in [9.17, 15) is 9.59 Å². The number of amides is 1. The predicted molar refractivity (Wildman–Crippen MR) is 73.6 cm³/mol. The maximum atomic E-state index is 11.8. The molecule has 98 valence electrons. The summed E-state index contributed by atoms with van der Waals surface area (Å²) in [6.07, 6.45) is 0. The van der Waals surface area contributed by atoms with Crippen molar-refractivity contribution in [2.45, 2.75) is 26.1 Å². The highest BCUT2D eigenvalue weighted by Gasteiger charge is 2.33. The van der Waals surface area contributed by atoms with Crippen LogP contribution in [0.25, 0.3) is 0 Å². The maximum Gasteiger partial charge on any atom is 0.250 e. The molecule has 0 aliphatic carbocycles. The summed E-state index contributed by atoms with van der Waals surface area (Å²) in [6, 6.07) is 6.69. The van der Waals surface area contributed by atoms with Crippen molar-refractivity contribution in [3.63, 3.8) is 0 Å². The Morgan fingerprint density at radius 2 is 1.94 bits per heavy atom. The number of hydrogen-bond donors (Lipinski definition) is 2. The van der Waals surface area contributed by atoms with E-state index in [4.69, 9.17) is 17.3 Å². The van der Waals surface area contributed by atoms with Crippen molar-refractivity contribution in [1.82, 2.24) is 0 Å². The largest absolute Gasteiger partial charge is 0.399 e. The zero-order valence-corrected chi connectivity index (χ0v) is 11.4. The fourth-order valence-electron chi connectivity index (χ4n) is 1.32. The lowest BCUT2D eigenvalue weighted by molar-refractivity contribution is -0.130. The monoisotopic (exact) mass is 268 g/mol. The van der Waals surface area contributed by atoms with E-state index in [2.05, 4.69) is 5.32 Å². The van der Waals surface area contributed by atoms with Crippen molar-refractivity contribution in [2.75, 3.05) is 11.1 Å². The number of nitrogen functional groups attached to an aromatic ring is 1. The summed E-state index contributed by atoms with van der Waals surface area (Å²) in [6.45, 7) is 5.16. The van der Waals surface area contributed by atoms with E-state index in [0.29, 0.717) is 11.4 Å². The Hall–Kier alpha value is -1.55. The molecule has 0 aromatic heterocycles. The van der Waals surface area contributed by atoms with E-state index in [-0.39, 0.29) is 5.78 Å². The second kappa shape index (κ2) is 5.40. The molecule has 1 aromatic carbocycles. The highest BCUT2D eigenvalue weighted by Crippen LogP contribution is 2.21. The van der Waals surface area contributed by atoms with Gasteiger partial charge in [-0.1, -0.05) is 26.8 Å². The molecule has 18 heavy (non-hydrogen) atoms. The van der Waals surface area contributed by atoms with Crippen molar-refractivity contribution in [1.29, 1.82) is 0 Å². The fourth-order valence-corrected chi connectivity index (χ4v) is 1.70. The van der Waals surface area contributed by atoms with Gasteiger partial charge in [0.25, 0.3) is 0 Å². The molecule has 1 unspecified atom stereocenters. The topological polar surface area (TPSA) is 72.2 Å². The predicted octanol–water partition coefficient (Wildman–Crippen LogP) is 2.43. The fraction of sp³-hybridized carbons (Fsp3) is 0.385. The minimum atomic E-state index is -1.20. The molecule has 5 heteroatoms. The number of nitrogens with one attached hydrogen (secondary N) is 1. The van der Waals surface area contributed by atoms with Crippen molar-refractivity contribution >= 4 is 34.7 Å². The summed E-state index contributed by atoms with van der Waals surface area (Å²) in [5, 5.41) is 1.36. The molecule has 1 aromatic rings. The van der Waals surface area contributed by atoms with E-state index < -0.39 is 16.7 Å². The quantitative estimate of drug-likeness (QED) is 0.502. The number of benzene rings is 1. The molecular weight excluding hydrogens is 252 g/mol. The van der Waals surface area contributed by atoms with Crippen molar-refractivity contribution in [2.24, 2.45) is 5.41 Å². The average molecular weight is 269 g/mol. The lowest BCUT2D eigenvalue weighted by Gasteiger charge is -2.20. The summed E-state index contributed by atoms with van der Waals surface area (Å²) in [7, 11) is 0. The van der Waals surface area contributed by atoms with Gasteiger partial charge in [-0.05, 0) is 18.2 Å². The number of nitrogens with two attached hydrogens (primary N) is 1. The third kappa shape index (κ3) is 3.74. The smallest absolute Gasteiger partial charge is 0.250 e. The molecular formula is C13H17ClN2O2. The number of anilines is 2. The Morgan fingerprint density at radius 3 is 2.44 bits per heavy atom. The lowest BCUT2D eigenvalue weighted by atomic mass is 9.88. The van der Waals surface area contributed by atoms with Crippen LogP contribution in [-0.2, 0) is 9.59 Å². The molecule has 0 aliphatic heterocycles. The molecule has 3 N–H and O–H groups in total. The summed E-state index contributed by atoms with van der Waals surface area (Å²) < 4.78 is 0. The third-order valence-corrected chi connectivity index (χ3v) is 2.75. The SMILES string of the molecule is CC(C)(C)C(=O)C(Cl)C(=O)Nc1cccc(N)c1. The van der Waals surface area contributed by atoms with Crippen LogP contribution in [0.4, 0.5) is 11.4 Å². The molecule has 0 saturated heterocycles. The van der Waals surface area contributed by atoms with Gasteiger partial charge in [0.15, 0.2) is 11.2 Å². The molecule has 0 aliphatic rings. The molecule has 0 bridgehead atoms. The molecule has 0 radical (unpaired) electrons. The van der Waals surface area contributed by atoms with Crippen molar-refractivity contribution < 1.29 is 9.59 Å². The van der Waals surface area contributed by atoms with Gasteiger partial charge in [-0.2, -0.15) is 0 Å². The van der Waals surface area contributed by atoms with Crippen LogP contribution in [0.5, 0.6) is 0 Å². The van der Waals surface area contributed by atoms with Crippen LogP contribution in [0.2, 0.25) is 0 Å². The van der Waals surface area contributed by atoms with Gasteiger partial charge >= 0.3 is 0 Å². The Kier molecular flexibility index (Phi) is 4.35. The normalized spacial score (nSPS) is 12.9. The number of carbonyl (C=O) groups is 2. The van der Waals surface area contributed by atoms with Gasteiger partial charge in [0.1, 0.15) is 0 Å². The van der Waals surface area contributed by atoms with Gasteiger partial charge in [0.05, 0.1) is 0 Å². The van der Waals surface area contributed by atoms with Gasteiger partial charge in [-0.15, -0.1) is 11.6 Å². The lowest BCUT2D eigenvalue weighted by Crippen LogP contribution is -2.37. The van der Waals surface area contributed by atoms with Gasteiger partial charge in [-0.25, -0.2) is 0 Å². The zero-order valence-electron chi connectivity index (χ0n) is 10.7. The van der Waals surface area contributed by atoms with E-state index in [1.54, 1.807) is 45.0 Å². The molecule has 1 atom stereocenters. The Balaban J connectivity index is 2.75. The Bertz CT molecular complexity index is 466. The van der Waals surface area contributed by atoms with Crippen LogP contribution < -0.4 is 11.1 Å². The summed E-state index contributed by atoms with van der Waals surface area (Å²) in [5.41, 5.74) is 5.98. The first kappa shape index (κ1) is 14.5. The molecule has 0 spiro atoms. The zero-order chi connectivity index (χ0) is 13.9. The third-order valence-electron chi connectivity index (χ3n) is 2.35. The molecule has 1 amide bonds. The number of rotatable bonds is 3. The average Bonchev–Trinajstić information content (AvgIpc) is 2.25. The number of hydrogen-bond acceptors (Lipinski definition) is 3. The molecule has 0 saturated carbocycles. The van der Waals surface area contributed by atoms with Crippen LogP contribution in [0, 0.1) is 5.41 Å².